The van der Waals surface area contributed by atoms with E-state index in [0.29, 0.717) is 16.1 Å². The molecular weight excluding hydrogens is 334 g/mol. The fraction of sp³-hybridized carbons (Fsp3) is 0.400. The highest BCUT2D eigenvalue weighted by Gasteiger charge is 2.30. The van der Waals surface area contributed by atoms with E-state index in [2.05, 4.69) is 15.5 Å². The number of nitrogen functional groups attached to an aromatic ring is 1. The van der Waals surface area contributed by atoms with Gasteiger partial charge >= 0.3 is 0 Å². The summed E-state index contributed by atoms with van der Waals surface area (Å²) in [6, 6.07) is 7.34. The molecule has 3 rings (SSSR count). The van der Waals surface area contributed by atoms with Gasteiger partial charge in [0.15, 0.2) is 5.82 Å². The van der Waals surface area contributed by atoms with Crippen molar-refractivity contribution < 1.29 is 4.79 Å². The third kappa shape index (κ3) is 3.97. The van der Waals surface area contributed by atoms with Crippen LogP contribution in [0.15, 0.2) is 29.4 Å². The van der Waals surface area contributed by atoms with Crippen LogP contribution in [-0.4, -0.2) is 26.5 Å². The quantitative estimate of drug-likeness (QED) is 0.617. The van der Waals surface area contributed by atoms with Crippen LogP contribution < -0.4 is 11.2 Å². The molecule has 23 heavy (non-hydrogen) atoms. The van der Waals surface area contributed by atoms with E-state index in [9.17, 15) is 4.79 Å². The lowest BCUT2D eigenvalue weighted by atomic mass is 10.1. The molecule has 8 heteroatoms. The van der Waals surface area contributed by atoms with E-state index in [1.807, 2.05) is 31.2 Å². The van der Waals surface area contributed by atoms with E-state index in [1.165, 1.54) is 16.4 Å². The molecule has 1 saturated carbocycles. The average Bonchev–Trinajstić information content (AvgIpc) is 3.30. The number of halogens is 1. The summed E-state index contributed by atoms with van der Waals surface area (Å²) in [7, 11) is 0. The number of benzene rings is 1. The third-order valence-corrected chi connectivity index (χ3v) is 4.91. The van der Waals surface area contributed by atoms with Crippen LogP contribution >= 0.6 is 23.4 Å². The van der Waals surface area contributed by atoms with Crippen molar-refractivity contribution in [1.82, 2.24) is 20.2 Å². The first-order valence-electron chi connectivity index (χ1n) is 7.42. The summed E-state index contributed by atoms with van der Waals surface area (Å²) in [5, 5.41) is 12.3. The lowest BCUT2D eigenvalue weighted by Crippen LogP contribution is -2.28. The minimum absolute atomic E-state index is 0.0755. The van der Waals surface area contributed by atoms with Gasteiger partial charge in [0.05, 0.1) is 11.8 Å². The molecule has 0 unspecified atom stereocenters. The van der Waals surface area contributed by atoms with Gasteiger partial charge in [-0.25, -0.2) is 4.68 Å². The number of hydrogen-bond donors (Lipinski definition) is 2. The predicted octanol–water partition coefficient (Wildman–Crippen LogP) is 2.49. The van der Waals surface area contributed by atoms with Gasteiger partial charge < -0.3 is 11.2 Å². The first-order valence-corrected chi connectivity index (χ1v) is 8.79. The van der Waals surface area contributed by atoms with E-state index < -0.39 is 0 Å². The molecule has 0 radical (unpaired) electrons. The molecule has 6 nitrogen and oxygen atoms in total. The summed E-state index contributed by atoms with van der Waals surface area (Å²) in [6.07, 6.45) is 2.22. The van der Waals surface area contributed by atoms with Crippen molar-refractivity contribution in [3.63, 3.8) is 0 Å². The summed E-state index contributed by atoms with van der Waals surface area (Å²) in [6.45, 7) is 1.93. The molecule has 1 aliphatic rings. The van der Waals surface area contributed by atoms with Gasteiger partial charge in [0.1, 0.15) is 0 Å². The molecule has 0 saturated heterocycles. The minimum Gasteiger partial charge on any atom is -0.349 e. The SMILES string of the molecule is C[C@@H](NC(=O)CSc1nnc(C2CC2)n1N)c1ccc(Cl)cc1. The number of nitrogens with zero attached hydrogens (tertiary/aromatic N) is 3. The topological polar surface area (TPSA) is 85.8 Å². The summed E-state index contributed by atoms with van der Waals surface area (Å²) in [4.78, 5) is 12.1. The number of amides is 1. The molecular formula is C15H18ClN5OS. The van der Waals surface area contributed by atoms with Crippen LogP contribution in [-0.2, 0) is 4.79 Å². The van der Waals surface area contributed by atoms with Gasteiger partial charge in [-0.3, -0.25) is 4.79 Å². The Balaban J connectivity index is 1.52. The molecule has 0 aliphatic heterocycles. The lowest BCUT2D eigenvalue weighted by molar-refractivity contribution is -0.119. The van der Waals surface area contributed by atoms with Crippen LogP contribution in [0.3, 0.4) is 0 Å². The number of rotatable bonds is 6. The second kappa shape index (κ2) is 6.80. The Bertz CT molecular complexity index is 698. The number of nitrogens with one attached hydrogen (secondary N) is 1. The van der Waals surface area contributed by atoms with E-state index in [1.54, 1.807) is 0 Å². The van der Waals surface area contributed by atoms with E-state index in [0.717, 1.165) is 24.2 Å². The Labute approximate surface area is 143 Å². The number of nitrogens with two attached hydrogens (primary N) is 1. The molecule has 0 bridgehead atoms. The van der Waals surface area contributed by atoms with E-state index in [4.69, 9.17) is 17.4 Å². The normalized spacial score (nSPS) is 15.4. The van der Waals surface area contributed by atoms with Crippen LogP contribution in [0.5, 0.6) is 0 Å². The standard InChI is InChI=1S/C15H18ClN5OS/c1-9(10-4-6-12(16)7-5-10)18-13(22)8-23-15-20-19-14(21(15)17)11-2-3-11/h4-7,9,11H,2-3,8,17H2,1H3,(H,18,22)/t9-/m1/s1. The predicted molar refractivity (Wildman–Crippen MR) is 90.9 cm³/mol. The van der Waals surface area contributed by atoms with E-state index >= 15 is 0 Å². The second-order valence-corrected chi connectivity index (χ2v) is 6.99. The van der Waals surface area contributed by atoms with Crippen molar-refractivity contribution in [2.24, 2.45) is 0 Å². The molecule has 1 heterocycles. The molecule has 1 atom stereocenters. The maximum Gasteiger partial charge on any atom is 0.230 e. The Hall–Kier alpha value is -1.73. The van der Waals surface area contributed by atoms with Crippen LogP contribution in [0.2, 0.25) is 5.02 Å². The smallest absolute Gasteiger partial charge is 0.230 e. The third-order valence-electron chi connectivity index (χ3n) is 3.71. The van der Waals surface area contributed by atoms with Gasteiger partial charge in [0, 0.05) is 10.9 Å². The lowest BCUT2D eigenvalue weighted by Gasteiger charge is -2.14. The second-order valence-electron chi connectivity index (χ2n) is 5.61. The number of thioether (sulfide) groups is 1. The summed E-state index contributed by atoms with van der Waals surface area (Å²) in [5.74, 6) is 7.37. The molecule has 1 aromatic carbocycles. The Morgan fingerprint density at radius 2 is 2.13 bits per heavy atom. The molecule has 3 N–H and O–H groups in total. The van der Waals surface area contributed by atoms with Gasteiger partial charge in [0.25, 0.3) is 0 Å². The molecule has 1 aromatic heterocycles. The van der Waals surface area contributed by atoms with Crippen LogP contribution in [0.4, 0.5) is 0 Å². The Morgan fingerprint density at radius 1 is 1.43 bits per heavy atom. The highest BCUT2D eigenvalue weighted by Crippen LogP contribution is 2.39. The maximum absolute atomic E-state index is 12.1. The van der Waals surface area contributed by atoms with Gasteiger partial charge in [-0.2, -0.15) is 0 Å². The van der Waals surface area contributed by atoms with Crippen molar-refractivity contribution in [2.75, 3.05) is 11.6 Å². The molecule has 1 amide bonds. The Kier molecular flexibility index (Phi) is 4.77. The highest BCUT2D eigenvalue weighted by atomic mass is 35.5. The largest absolute Gasteiger partial charge is 0.349 e. The van der Waals surface area contributed by atoms with Crippen molar-refractivity contribution in [3.8, 4) is 0 Å². The zero-order chi connectivity index (χ0) is 16.4. The van der Waals surface area contributed by atoms with Crippen molar-refractivity contribution >= 4 is 29.3 Å². The molecule has 1 fully saturated rings. The first-order chi connectivity index (χ1) is 11.0. The van der Waals surface area contributed by atoms with Crippen molar-refractivity contribution in [2.45, 2.75) is 36.9 Å². The van der Waals surface area contributed by atoms with Crippen LogP contribution in [0.1, 0.15) is 43.1 Å². The number of carbonyl (C=O) groups excluding carboxylic acids is 1. The van der Waals surface area contributed by atoms with Gasteiger partial charge in [0.2, 0.25) is 11.1 Å². The van der Waals surface area contributed by atoms with Gasteiger partial charge in [-0.05, 0) is 37.5 Å². The number of hydrogen-bond acceptors (Lipinski definition) is 5. The zero-order valence-corrected chi connectivity index (χ0v) is 14.3. The molecule has 122 valence electrons. The van der Waals surface area contributed by atoms with Gasteiger partial charge in [-0.1, -0.05) is 35.5 Å². The summed E-state index contributed by atoms with van der Waals surface area (Å²) >= 11 is 7.16. The van der Waals surface area contributed by atoms with Crippen molar-refractivity contribution in [1.29, 1.82) is 0 Å². The first kappa shape index (κ1) is 16.1. The fourth-order valence-corrected chi connectivity index (χ4v) is 3.06. The molecule has 2 aromatic rings. The minimum atomic E-state index is -0.0851. The Morgan fingerprint density at radius 3 is 2.78 bits per heavy atom. The monoisotopic (exact) mass is 351 g/mol. The average molecular weight is 352 g/mol. The maximum atomic E-state index is 12.1. The van der Waals surface area contributed by atoms with Crippen LogP contribution in [0, 0.1) is 0 Å². The molecule has 1 aliphatic carbocycles. The summed E-state index contributed by atoms with van der Waals surface area (Å²) < 4.78 is 1.50. The molecule has 0 spiro atoms. The fourth-order valence-electron chi connectivity index (χ4n) is 2.25. The number of aromatic nitrogens is 3. The summed E-state index contributed by atoms with van der Waals surface area (Å²) in [5.41, 5.74) is 1.01. The van der Waals surface area contributed by atoms with Crippen LogP contribution in [0.25, 0.3) is 0 Å². The van der Waals surface area contributed by atoms with E-state index in [-0.39, 0.29) is 17.7 Å². The zero-order valence-electron chi connectivity index (χ0n) is 12.7. The number of carbonyl (C=O) groups is 1. The van der Waals surface area contributed by atoms with Gasteiger partial charge in [-0.15, -0.1) is 10.2 Å². The highest BCUT2D eigenvalue weighted by molar-refractivity contribution is 7.99. The van der Waals surface area contributed by atoms with Crippen molar-refractivity contribution in [3.05, 3.63) is 40.7 Å².